The highest BCUT2D eigenvalue weighted by molar-refractivity contribution is 5.84. The number of rotatable bonds is 3. The lowest BCUT2D eigenvalue weighted by molar-refractivity contribution is 0.200. The SMILES string of the molecule is N[C@H]1CCCN(Cc2n[nH]c3cnc(-c4cccnc4)cc23)C1. The van der Waals surface area contributed by atoms with E-state index in [0.29, 0.717) is 0 Å². The van der Waals surface area contributed by atoms with Gasteiger partial charge in [0.1, 0.15) is 0 Å². The molecule has 6 heteroatoms. The van der Waals surface area contributed by atoms with Crippen molar-refractivity contribution in [1.29, 1.82) is 0 Å². The van der Waals surface area contributed by atoms with Gasteiger partial charge in [-0.1, -0.05) is 0 Å². The van der Waals surface area contributed by atoms with Crippen molar-refractivity contribution >= 4 is 10.9 Å². The van der Waals surface area contributed by atoms with E-state index in [1.807, 2.05) is 24.5 Å². The number of fused-ring (bicyclic) bond motifs is 1. The topological polar surface area (TPSA) is 83.7 Å². The van der Waals surface area contributed by atoms with E-state index >= 15 is 0 Å². The first-order chi connectivity index (χ1) is 11.3. The van der Waals surface area contributed by atoms with Gasteiger partial charge in [0, 0.05) is 42.5 Å². The average molecular weight is 308 g/mol. The maximum atomic E-state index is 6.08. The molecule has 0 bridgehead atoms. The summed E-state index contributed by atoms with van der Waals surface area (Å²) >= 11 is 0. The summed E-state index contributed by atoms with van der Waals surface area (Å²) in [6.45, 7) is 2.85. The van der Waals surface area contributed by atoms with Gasteiger partial charge in [-0.2, -0.15) is 5.10 Å². The molecular formula is C17H20N6. The predicted octanol–water partition coefficient (Wildman–Crippen LogP) is 1.94. The third-order valence-electron chi connectivity index (χ3n) is 4.40. The summed E-state index contributed by atoms with van der Waals surface area (Å²) in [6.07, 6.45) is 7.72. The Morgan fingerprint density at radius 2 is 2.30 bits per heavy atom. The van der Waals surface area contributed by atoms with E-state index in [4.69, 9.17) is 5.73 Å². The zero-order chi connectivity index (χ0) is 15.6. The van der Waals surface area contributed by atoms with Gasteiger partial charge in [-0.05, 0) is 37.6 Å². The van der Waals surface area contributed by atoms with E-state index in [0.717, 1.165) is 60.3 Å². The van der Waals surface area contributed by atoms with E-state index in [-0.39, 0.29) is 6.04 Å². The third kappa shape index (κ3) is 2.95. The number of nitrogens with one attached hydrogen (secondary N) is 1. The molecule has 4 heterocycles. The highest BCUT2D eigenvalue weighted by atomic mass is 15.2. The van der Waals surface area contributed by atoms with E-state index in [1.165, 1.54) is 0 Å². The van der Waals surface area contributed by atoms with Crippen molar-refractivity contribution in [2.75, 3.05) is 13.1 Å². The van der Waals surface area contributed by atoms with Gasteiger partial charge in [0.05, 0.1) is 23.1 Å². The first-order valence-corrected chi connectivity index (χ1v) is 8.01. The third-order valence-corrected chi connectivity index (χ3v) is 4.40. The highest BCUT2D eigenvalue weighted by Gasteiger charge is 2.19. The van der Waals surface area contributed by atoms with Gasteiger partial charge >= 0.3 is 0 Å². The van der Waals surface area contributed by atoms with Crippen LogP contribution < -0.4 is 5.73 Å². The number of aromatic amines is 1. The summed E-state index contributed by atoms with van der Waals surface area (Å²) in [5.74, 6) is 0. The van der Waals surface area contributed by atoms with Crippen molar-refractivity contribution in [3.05, 3.63) is 42.5 Å². The molecule has 1 aliphatic heterocycles. The Hall–Kier alpha value is -2.31. The minimum atomic E-state index is 0.279. The van der Waals surface area contributed by atoms with Crippen molar-refractivity contribution in [3.63, 3.8) is 0 Å². The number of piperidine rings is 1. The number of pyridine rings is 2. The van der Waals surface area contributed by atoms with Gasteiger partial charge in [-0.25, -0.2) is 0 Å². The number of hydrogen-bond acceptors (Lipinski definition) is 5. The molecule has 1 aliphatic rings. The van der Waals surface area contributed by atoms with Crippen LogP contribution in [0.5, 0.6) is 0 Å². The van der Waals surface area contributed by atoms with E-state index in [9.17, 15) is 0 Å². The molecule has 0 amide bonds. The largest absolute Gasteiger partial charge is 0.327 e. The summed E-state index contributed by atoms with van der Waals surface area (Å²) < 4.78 is 0. The molecule has 1 fully saturated rings. The van der Waals surface area contributed by atoms with Crippen LogP contribution in [0.3, 0.4) is 0 Å². The van der Waals surface area contributed by atoms with Crippen LogP contribution in [0.2, 0.25) is 0 Å². The molecule has 0 aliphatic carbocycles. The quantitative estimate of drug-likeness (QED) is 0.772. The Bertz CT molecular complexity index is 797. The molecule has 3 N–H and O–H groups in total. The van der Waals surface area contributed by atoms with Crippen molar-refractivity contribution in [2.45, 2.75) is 25.4 Å². The Morgan fingerprint density at radius 1 is 1.35 bits per heavy atom. The normalized spacial score (nSPS) is 19.3. The van der Waals surface area contributed by atoms with Gasteiger partial charge in [-0.15, -0.1) is 0 Å². The van der Waals surface area contributed by atoms with Crippen LogP contribution in [0.1, 0.15) is 18.5 Å². The molecule has 0 unspecified atom stereocenters. The van der Waals surface area contributed by atoms with Crippen molar-refractivity contribution in [2.24, 2.45) is 5.73 Å². The van der Waals surface area contributed by atoms with Crippen LogP contribution in [0.25, 0.3) is 22.2 Å². The van der Waals surface area contributed by atoms with E-state index in [1.54, 1.807) is 6.20 Å². The number of likely N-dealkylation sites (tertiary alicyclic amines) is 1. The first-order valence-electron chi connectivity index (χ1n) is 8.01. The van der Waals surface area contributed by atoms with Crippen LogP contribution in [-0.2, 0) is 6.54 Å². The minimum Gasteiger partial charge on any atom is -0.327 e. The number of aromatic nitrogens is 4. The lowest BCUT2D eigenvalue weighted by Crippen LogP contribution is -2.42. The number of hydrogen-bond donors (Lipinski definition) is 2. The summed E-state index contributed by atoms with van der Waals surface area (Å²) in [6, 6.07) is 6.31. The van der Waals surface area contributed by atoms with Crippen molar-refractivity contribution < 1.29 is 0 Å². The second-order valence-electron chi connectivity index (χ2n) is 6.16. The Kier molecular flexibility index (Phi) is 3.77. The maximum absolute atomic E-state index is 6.08. The van der Waals surface area contributed by atoms with Gasteiger partial charge in [0.2, 0.25) is 0 Å². The standard InChI is InChI=1S/C17H20N6/c18-13-4-2-6-23(10-13)11-17-14-7-15(12-3-1-5-19-8-12)20-9-16(14)21-22-17/h1,3,5,7-9,13H,2,4,6,10-11,18H2,(H,21,22)/t13-/m0/s1. The van der Waals surface area contributed by atoms with Gasteiger partial charge in [-0.3, -0.25) is 20.0 Å². The highest BCUT2D eigenvalue weighted by Crippen LogP contribution is 2.23. The molecule has 0 aromatic carbocycles. The first kappa shape index (κ1) is 14.3. The van der Waals surface area contributed by atoms with Crippen LogP contribution in [-0.4, -0.2) is 44.2 Å². The summed E-state index contributed by atoms with van der Waals surface area (Å²) in [7, 11) is 0. The van der Waals surface area contributed by atoms with Gasteiger partial charge in [0.15, 0.2) is 0 Å². The van der Waals surface area contributed by atoms with Crippen LogP contribution in [0.15, 0.2) is 36.8 Å². The summed E-state index contributed by atoms with van der Waals surface area (Å²) in [5, 5.41) is 8.69. The minimum absolute atomic E-state index is 0.279. The molecule has 1 atom stereocenters. The molecule has 0 spiro atoms. The summed E-state index contributed by atoms with van der Waals surface area (Å²) in [5.41, 5.74) is 10.0. The molecule has 118 valence electrons. The Balaban J connectivity index is 1.65. The Labute approximate surface area is 134 Å². The van der Waals surface area contributed by atoms with Crippen LogP contribution in [0, 0.1) is 0 Å². The van der Waals surface area contributed by atoms with Crippen LogP contribution >= 0.6 is 0 Å². The summed E-state index contributed by atoms with van der Waals surface area (Å²) in [4.78, 5) is 11.1. The predicted molar refractivity (Wildman–Crippen MR) is 89.6 cm³/mol. The number of nitrogens with two attached hydrogens (primary N) is 1. The van der Waals surface area contributed by atoms with Crippen molar-refractivity contribution in [1.82, 2.24) is 25.1 Å². The smallest absolute Gasteiger partial charge is 0.0842 e. The van der Waals surface area contributed by atoms with Crippen LogP contribution in [0.4, 0.5) is 0 Å². The Morgan fingerprint density at radius 3 is 3.13 bits per heavy atom. The maximum Gasteiger partial charge on any atom is 0.0842 e. The van der Waals surface area contributed by atoms with Gasteiger partial charge < -0.3 is 5.73 Å². The average Bonchev–Trinajstić information content (AvgIpc) is 2.98. The molecular weight excluding hydrogens is 288 g/mol. The molecule has 3 aromatic heterocycles. The molecule has 3 aromatic rings. The van der Waals surface area contributed by atoms with Crippen molar-refractivity contribution in [3.8, 4) is 11.3 Å². The van der Waals surface area contributed by atoms with E-state index < -0.39 is 0 Å². The molecule has 6 nitrogen and oxygen atoms in total. The molecule has 0 saturated carbocycles. The fourth-order valence-corrected chi connectivity index (χ4v) is 3.21. The lowest BCUT2D eigenvalue weighted by atomic mass is 10.1. The molecule has 23 heavy (non-hydrogen) atoms. The molecule has 4 rings (SSSR count). The fourth-order valence-electron chi connectivity index (χ4n) is 3.21. The fraction of sp³-hybridized carbons (Fsp3) is 0.353. The molecule has 1 saturated heterocycles. The molecule has 0 radical (unpaired) electrons. The van der Waals surface area contributed by atoms with E-state index in [2.05, 4.69) is 31.1 Å². The lowest BCUT2D eigenvalue weighted by Gasteiger charge is -2.30. The second-order valence-corrected chi connectivity index (χ2v) is 6.16. The number of H-pyrrole nitrogens is 1. The van der Waals surface area contributed by atoms with Gasteiger partial charge in [0.25, 0.3) is 0 Å². The second kappa shape index (κ2) is 6.06. The zero-order valence-electron chi connectivity index (χ0n) is 12.9. The zero-order valence-corrected chi connectivity index (χ0v) is 12.9. The number of nitrogens with zero attached hydrogens (tertiary/aromatic N) is 4. The monoisotopic (exact) mass is 308 g/mol.